The summed E-state index contributed by atoms with van der Waals surface area (Å²) in [4.78, 5) is 54.7. The Morgan fingerprint density at radius 1 is 0.672 bits per heavy atom. The van der Waals surface area contributed by atoms with E-state index in [0.29, 0.717) is 34.2 Å². The lowest BCUT2D eigenvalue weighted by Crippen LogP contribution is -2.38. The quantitative estimate of drug-likeness (QED) is 0.0759. The van der Waals surface area contributed by atoms with Crippen molar-refractivity contribution in [2.75, 3.05) is 53.8 Å². The van der Waals surface area contributed by atoms with Crippen molar-refractivity contribution in [2.45, 2.75) is 20.8 Å². The number of nitrogens with one attached hydrogen (secondary N) is 4. The Balaban J connectivity index is 0.957. The Kier molecular flexibility index (Phi) is 11.5. The maximum Gasteiger partial charge on any atom is 0.326 e. The van der Waals surface area contributed by atoms with Crippen molar-refractivity contribution in [2.24, 2.45) is 0 Å². The van der Waals surface area contributed by atoms with E-state index in [2.05, 4.69) is 40.5 Å². The Morgan fingerprint density at radius 2 is 1.21 bits per heavy atom. The number of carbonyl (C=O) groups is 2. The number of aromatic nitrogens is 6. The van der Waals surface area contributed by atoms with Crippen molar-refractivity contribution in [3.05, 3.63) is 133 Å². The summed E-state index contributed by atoms with van der Waals surface area (Å²) in [5, 5.41) is 17.9. The summed E-state index contributed by atoms with van der Waals surface area (Å²) in [6.07, 6.45) is 6.85. The number of carbonyl (C=O) groups excluding carboxylic acids is 2. The highest BCUT2D eigenvalue weighted by molar-refractivity contribution is 6.04. The molecule has 0 saturated carbocycles. The maximum atomic E-state index is 13.9. The number of amides is 4. The van der Waals surface area contributed by atoms with Crippen LogP contribution in [0, 0.1) is 20.8 Å². The number of urea groups is 2. The summed E-state index contributed by atoms with van der Waals surface area (Å²) in [5.74, 6) is 0.837. The van der Waals surface area contributed by atoms with E-state index in [1.54, 1.807) is 35.2 Å². The summed E-state index contributed by atoms with van der Waals surface area (Å²) in [6.45, 7) is 5.97. The van der Waals surface area contributed by atoms with Crippen molar-refractivity contribution in [1.29, 1.82) is 0 Å². The van der Waals surface area contributed by atoms with Crippen LogP contribution >= 0.6 is 0 Å². The van der Waals surface area contributed by atoms with E-state index >= 15 is 0 Å². The molecule has 15 nitrogen and oxygen atoms in total. The lowest BCUT2D eigenvalue weighted by Gasteiger charge is -2.26. The molecule has 0 radical (unpaired) electrons. The Hall–Kier alpha value is -7.78. The van der Waals surface area contributed by atoms with Crippen LogP contribution in [-0.2, 0) is 0 Å². The first kappa shape index (κ1) is 40.0. The molecule has 0 saturated heterocycles. The molecule has 0 bridgehead atoms. The van der Waals surface area contributed by atoms with E-state index in [1.807, 2.05) is 93.8 Å². The van der Waals surface area contributed by atoms with Gasteiger partial charge in [-0.15, -0.1) is 0 Å². The molecule has 4 amide bonds. The number of fused-ring (bicyclic) bond motifs is 2. The first-order valence-corrected chi connectivity index (χ1v) is 19.6. The number of rotatable bonds is 13. The van der Waals surface area contributed by atoms with Crippen LogP contribution < -0.4 is 29.9 Å². The van der Waals surface area contributed by atoms with E-state index in [9.17, 15) is 14.7 Å². The van der Waals surface area contributed by atoms with E-state index in [-0.39, 0.29) is 32.3 Å². The van der Waals surface area contributed by atoms with Gasteiger partial charge in [0.05, 0.1) is 43.9 Å². The molecule has 0 unspecified atom stereocenters. The van der Waals surface area contributed by atoms with E-state index in [4.69, 9.17) is 9.47 Å². The number of aliphatic hydroxyl groups is 1. The van der Waals surface area contributed by atoms with E-state index < -0.39 is 6.03 Å². The second kappa shape index (κ2) is 17.6. The van der Waals surface area contributed by atoms with Gasteiger partial charge in [-0.3, -0.25) is 9.80 Å². The number of methoxy groups -OCH3 is 1. The van der Waals surface area contributed by atoms with Gasteiger partial charge >= 0.3 is 12.1 Å². The molecular weight excluding hydrogens is 773 g/mol. The smallest absolute Gasteiger partial charge is 0.326 e. The van der Waals surface area contributed by atoms with Gasteiger partial charge in [0.1, 0.15) is 42.1 Å². The molecule has 0 atom stereocenters. The van der Waals surface area contributed by atoms with Gasteiger partial charge in [0.2, 0.25) is 0 Å². The third-order valence-electron chi connectivity index (χ3n) is 10.3. The normalized spacial score (nSPS) is 11.1. The van der Waals surface area contributed by atoms with Gasteiger partial charge in [-0.05, 0) is 80.4 Å². The second-order valence-corrected chi connectivity index (χ2v) is 14.4. The predicted molar refractivity (Wildman–Crippen MR) is 238 cm³/mol. The van der Waals surface area contributed by atoms with Gasteiger partial charge in [-0.25, -0.2) is 29.5 Å². The number of aromatic amines is 2. The molecule has 4 heterocycles. The topological polar surface area (TPSA) is 187 Å². The first-order valence-electron chi connectivity index (χ1n) is 19.6. The van der Waals surface area contributed by atoms with Gasteiger partial charge in [0.25, 0.3) is 0 Å². The molecule has 0 aliphatic rings. The zero-order valence-electron chi connectivity index (χ0n) is 34.1. The summed E-state index contributed by atoms with van der Waals surface area (Å²) in [6, 6.07) is 26.8. The van der Waals surface area contributed by atoms with Crippen LogP contribution in [0.25, 0.3) is 44.6 Å². The molecule has 0 fully saturated rings. The number of aryl methyl sites for hydroxylation is 3. The van der Waals surface area contributed by atoms with Crippen LogP contribution in [0.1, 0.15) is 16.7 Å². The molecule has 4 aromatic carbocycles. The van der Waals surface area contributed by atoms with E-state index in [1.165, 1.54) is 24.7 Å². The average molecular weight is 817 g/mol. The van der Waals surface area contributed by atoms with Crippen molar-refractivity contribution in [1.82, 2.24) is 29.9 Å². The Bertz CT molecular complexity index is 2820. The number of anilines is 4. The van der Waals surface area contributed by atoms with Gasteiger partial charge in [0, 0.05) is 57.4 Å². The van der Waals surface area contributed by atoms with Crippen LogP contribution in [0.4, 0.5) is 32.3 Å². The summed E-state index contributed by atoms with van der Waals surface area (Å²) < 4.78 is 11.9. The minimum atomic E-state index is -0.483. The van der Waals surface area contributed by atoms with Crippen molar-refractivity contribution >= 4 is 56.9 Å². The molecule has 61 heavy (non-hydrogen) atoms. The SMILES string of the molecule is COc1ccc(OCCN(C(=O)Nc2ccc(-c3ncnc4[nH]cc(C)c34)cc2)c2ccc(C)cc2)cc1N(CCO)C(=O)Nc1ccc(-c2ncnc3[nH]cc(C)c23)cc1. The molecule has 0 spiro atoms. The Labute approximate surface area is 351 Å². The van der Waals surface area contributed by atoms with Gasteiger partial charge in [0.15, 0.2) is 0 Å². The monoisotopic (exact) mass is 816 g/mol. The summed E-state index contributed by atoms with van der Waals surface area (Å²) >= 11 is 0. The summed E-state index contributed by atoms with van der Waals surface area (Å²) in [7, 11) is 1.51. The maximum absolute atomic E-state index is 13.9. The number of hydrogen-bond donors (Lipinski definition) is 5. The van der Waals surface area contributed by atoms with E-state index in [0.717, 1.165) is 61.3 Å². The standard InChI is InChI=1S/C46H44N10O5/c1-28-5-15-35(16-6-28)55(45(58)53-33-11-7-31(8-12-33)41-39-29(2)24-47-43(39)51-26-49-41)20-22-61-36-17-18-38(60-4)37(23-36)56(19-21-57)46(59)54-34-13-9-32(10-14-34)42-40-30(3)25-48-44(40)52-27-50-42/h5-18,23-27,57H,19-22H2,1-4H3,(H,53,58)(H,54,59)(H,47,49,51)(H,48,50,52). The molecule has 308 valence electrons. The molecule has 5 N–H and O–H groups in total. The largest absolute Gasteiger partial charge is 0.495 e. The van der Waals surface area contributed by atoms with Gasteiger partial charge in [-0.1, -0.05) is 42.0 Å². The molecule has 0 aliphatic heterocycles. The fourth-order valence-corrected chi connectivity index (χ4v) is 7.21. The highest BCUT2D eigenvalue weighted by Crippen LogP contribution is 2.34. The highest BCUT2D eigenvalue weighted by atomic mass is 16.5. The zero-order chi connectivity index (χ0) is 42.5. The van der Waals surface area contributed by atoms with Gasteiger partial charge in [-0.2, -0.15) is 0 Å². The molecule has 8 aromatic rings. The zero-order valence-corrected chi connectivity index (χ0v) is 34.1. The third-order valence-corrected chi connectivity index (χ3v) is 10.3. The molecular formula is C46H44N10O5. The van der Waals surface area contributed by atoms with Crippen LogP contribution in [0.2, 0.25) is 0 Å². The van der Waals surface area contributed by atoms with Crippen LogP contribution in [0.3, 0.4) is 0 Å². The van der Waals surface area contributed by atoms with Gasteiger partial charge < -0.3 is 35.2 Å². The lowest BCUT2D eigenvalue weighted by atomic mass is 10.1. The minimum absolute atomic E-state index is 0.0209. The number of hydrogen-bond acceptors (Lipinski definition) is 9. The van der Waals surface area contributed by atoms with Crippen LogP contribution in [-0.4, -0.2) is 80.5 Å². The number of aliphatic hydroxyl groups excluding tert-OH is 1. The number of nitrogens with zero attached hydrogens (tertiary/aromatic N) is 6. The third kappa shape index (κ3) is 8.54. The fourth-order valence-electron chi connectivity index (χ4n) is 7.21. The lowest BCUT2D eigenvalue weighted by molar-refractivity contribution is 0.251. The van der Waals surface area contributed by atoms with Crippen molar-refractivity contribution in [3.8, 4) is 34.0 Å². The highest BCUT2D eigenvalue weighted by Gasteiger charge is 2.22. The first-order chi connectivity index (χ1) is 29.7. The van der Waals surface area contributed by atoms with Crippen molar-refractivity contribution < 1.29 is 24.2 Å². The Morgan fingerprint density at radius 3 is 1.74 bits per heavy atom. The number of benzene rings is 4. The molecule has 8 rings (SSSR count). The minimum Gasteiger partial charge on any atom is -0.495 e. The number of ether oxygens (including phenoxy) is 2. The van der Waals surface area contributed by atoms with Crippen LogP contribution in [0.15, 0.2) is 116 Å². The van der Waals surface area contributed by atoms with Crippen molar-refractivity contribution in [3.63, 3.8) is 0 Å². The van der Waals surface area contributed by atoms with Crippen LogP contribution in [0.5, 0.6) is 11.5 Å². The molecule has 4 aromatic heterocycles. The predicted octanol–water partition coefficient (Wildman–Crippen LogP) is 8.65. The molecule has 0 aliphatic carbocycles. The number of H-pyrrole nitrogens is 2. The molecule has 15 heteroatoms. The fraction of sp³-hybridized carbons (Fsp3) is 0.174. The summed E-state index contributed by atoms with van der Waals surface area (Å²) in [5.41, 5.74) is 10.2. The average Bonchev–Trinajstić information content (AvgIpc) is 3.86. The second-order valence-electron chi connectivity index (χ2n) is 14.4.